The Labute approximate surface area is 98.2 Å². The molecular weight excluding hydrogens is 216 g/mol. The lowest BCUT2D eigenvalue weighted by Gasteiger charge is -1.97. The number of hydrogen-bond donors (Lipinski definition) is 0. The number of benzene rings is 1. The summed E-state index contributed by atoms with van der Waals surface area (Å²) >= 11 is 1.73. The van der Waals surface area contributed by atoms with Gasteiger partial charge in [0.2, 0.25) is 0 Å². The van der Waals surface area contributed by atoms with Crippen LogP contribution in [-0.2, 0) is 0 Å². The molecule has 0 fully saturated rings. The first kappa shape index (κ1) is 9.60. The molecule has 0 aliphatic rings. The summed E-state index contributed by atoms with van der Waals surface area (Å²) in [5.74, 6) is 0. The van der Waals surface area contributed by atoms with Crippen LogP contribution in [0.2, 0.25) is 0 Å². The van der Waals surface area contributed by atoms with E-state index in [1.807, 2.05) is 6.92 Å². The van der Waals surface area contributed by atoms with Crippen LogP contribution in [0.3, 0.4) is 0 Å². The molecule has 0 atom stereocenters. The number of fused-ring (bicyclic) bond motifs is 1. The zero-order valence-corrected chi connectivity index (χ0v) is 10.1. The fraction of sp³-hybridized carbons (Fsp3) is 0.154. The Morgan fingerprint density at radius 1 is 1.19 bits per heavy atom. The molecule has 0 saturated heterocycles. The molecule has 3 rings (SSSR count). The smallest absolute Gasteiger partial charge is 0.194 e. The minimum absolute atomic E-state index is 1.06. The third-order valence-electron chi connectivity index (χ3n) is 2.58. The van der Waals surface area contributed by atoms with Crippen molar-refractivity contribution in [2.75, 3.05) is 0 Å². The van der Waals surface area contributed by atoms with Gasteiger partial charge in [-0.2, -0.15) is 0 Å². The van der Waals surface area contributed by atoms with Gasteiger partial charge in [-0.05, 0) is 19.4 Å². The molecule has 0 aliphatic heterocycles. The van der Waals surface area contributed by atoms with Gasteiger partial charge in [0.05, 0.1) is 10.6 Å². The van der Waals surface area contributed by atoms with Crippen molar-refractivity contribution in [2.45, 2.75) is 13.8 Å². The summed E-state index contributed by atoms with van der Waals surface area (Å²) in [5, 5.41) is 0. The molecule has 2 nitrogen and oxygen atoms in total. The van der Waals surface area contributed by atoms with E-state index in [0.717, 1.165) is 10.7 Å². The Morgan fingerprint density at radius 3 is 2.81 bits per heavy atom. The molecule has 1 aromatic carbocycles. The second-order valence-electron chi connectivity index (χ2n) is 4.04. The highest BCUT2D eigenvalue weighted by molar-refractivity contribution is 7.20. The van der Waals surface area contributed by atoms with Crippen LogP contribution in [0, 0.1) is 13.8 Å². The first-order chi connectivity index (χ1) is 7.72. The summed E-state index contributed by atoms with van der Waals surface area (Å²) in [7, 11) is 0. The van der Waals surface area contributed by atoms with Crippen molar-refractivity contribution in [3.8, 4) is 10.4 Å². The topological polar surface area (TPSA) is 17.3 Å². The van der Waals surface area contributed by atoms with Crippen LogP contribution in [-0.4, -0.2) is 9.38 Å². The van der Waals surface area contributed by atoms with Crippen LogP contribution in [0.4, 0.5) is 0 Å². The van der Waals surface area contributed by atoms with Crippen LogP contribution < -0.4 is 0 Å². The lowest BCUT2D eigenvalue weighted by atomic mass is 10.1. The molecule has 0 saturated carbocycles. The van der Waals surface area contributed by atoms with Crippen molar-refractivity contribution in [3.63, 3.8) is 0 Å². The van der Waals surface area contributed by atoms with E-state index in [2.05, 4.69) is 53.0 Å². The molecule has 3 aromatic rings. The van der Waals surface area contributed by atoms with Gasteiger partial charge in [0, 0.05) is 12.4 Å². The number of hydrogen-bond acceptors (Lipinski definition) is 2. The Balaban J connectivity index is 2.15. The standard InChI is InChI=1S/C13H12N2S/c1-9-4-3-5-11(6-9)12-8-15-7-10(2)14-13(15)16-12/h3-8H,1-2H3. The first-order valence-electron chi connectivity index (χ1n) is 5.24. The number of imidazole rings is 1. The maximum Gasteiger partial charge on any atom is 0.194 e. The summed E-state index contributed by atoms with van der Waals surface area (Å²) in [6, 6.07) is 8.56. The van der Waals surface area contributed by atoms with Crippen molar-refractivity contribution in [2.24, 2.45) is 0 Å². The monoisotopic (exact) mass is 228 g/mol. The van der Waals surface area contributed by atoms with Gasteiger partial charge in [-0.25, -0.2) is 4.98 Å². The highest BCUT2D eigenvalue weighted by Crippen LogP contribution is 2.28. The third-order valence-corrected chi connectivity index (χ3v) is 3.62. The van der Waals surface area contributed by atoms with Crippen LogP contribution in [0.5, 0.6) is 0 Å². The van der Waals surface area contributed by atoms with Crippen LogP contribution in [0.25, 0.3) is 15.4 Å². The fourth-order valence-corrected chi connectivity index (χ4v) is 2.85. The maximum absolute atomic E-state index is 4.46. The SMILES string of the molecule is Cc1cccc(-c2cn3cc(C)nc3s2)c1. The van der Waals surface area contributed by atoms with Gasteiger partial charge in [0.25, 0.3) is 0 Å². The molecule has 80 valence electrons. The Hall–Kier alpha value is -1.61. The number of aryl methyl sites for hydroxylation is 2. The Bertz CT molecular complexity index is 617. The van der Waals surface area contributed by atoms with Gasteiger partial charge in [-0.15, -0.1) is 0 Å². The molecule has 0 bridgehead atoms. The highest BCUT2D eigenvalue weighted by Gasteiger charge is 2.06. The summed E-state index contributed by atoms with van der Waals surface area (Å²) in [4.78, 5) is 6.80. The lowest BCUT2D eigenvalue weighted by molar-refractivity contribution is 1.22. The number of aromatic nitrogens is 2. The predicted octanol–water partition coefficient (Wildman–Crippen LogP) is 3.68. The van der Waals surface area contributed by atoms with E-state index in [0.29, 0.717) is 0 Å². The van der Waals surface area contributed by atoms with Gasteiger partial charge in [-0.3, -0.25) is 4.40 Å². The van der Waals surface area contributed by atoms with E-state index in [-0.39, 0.29) is 0 Å². The molecule has 0 N–H and O–H groups in total. The van der Waals surface area contributed by atoms with Gasteiger partial charge in [0.1, 0.15) is 0 Å². The third kappa shape index (κ3) is 1.53. The van der Waals surface area contributed by atoms with Gasteiger partial charge in [-0.1, -0.05) is 41.2 Å². The molecular formula is C13H12N2S. The second kappa shape index (κ2) is 3.46. The van der Waals surface area contributed by atoms with Gasteiger partial charge >= 0.3 is 0 Å². The summed E-state index contributed by atoms with van der Waals surface area (Å²) in [6.07, 6.45) is 4.21. The highest BCUT2D eigenvalue weighted by atomic mass is 32.1. The average molecular weight is 228 g/mol. The van der Waals surface area contributed by atoms with Crippen molar-refractivity contribution in [1.29, 1.82) is 0 Å². The van der Waals surface area contributed by atoms with E-state index in [1.165, 1.54) is 16.0 Å². The largest absolute Gasteiger partial charge is 0.297 e. The van der Waals surface area contributed by atoms with Crippen molar-refractivity contribution in [3.05, 3.63) is 47.9 Å². The molecule has 0 unspecified atom stereocenters. The maximum atomic E-state index is 4.46. The summed E-state index contributed by atoms with van der Waals surface area (Å²) in [5.41, 5.74) is 3.63. The quantitative estimate of drug-likeness (QED) is 0.621. The Kier molecular flexibility index (Phi) is 2.07. The molecule has 0 spiro atoms. The van der Waals surface area contributed by atoms with E-state index in [4.69, 9.17) is 0 Å². The first-order valence-corrected chi connectivity index (χ1v) is 6.06. The summed E-state index contributed by atoms with van der Waals surface area (Å²) in [6.45, 7) is 4.14. The molecule has 3 heteroatoms. The van der Waals surface area contributed by atoms with Gasteiger partial charge < -0.3 is 0 Å². The van der Waals surface area contributed by atoms with E-state index in [9.17, 15) is 0 Å². The van der Waals surface area contributed by atoms with Crippen LogP contribution in [0.15, 0.2) is 36.7 Å². The van der Waals surface area contributed by atoms with Crippen molar-refractivity contribution >= 4 is 16.3 Å². The lowest BCUT2D eigenvalue weighted by Crippen LogP contribution is -1.76. The molecule has 2 heterocycles. The fourth-order valence-electron chi connectivity index (χ4n) is 1.84. The zero-order chi connectivity index (χ0) is 11.1. The molecule has 0 radical (unpaired) electrons. The molecule has 16 heavy (non-hydrogen) atoms. The number of nitrogens with zero attached hydrogens (tertiary/aromatic N) is 2. The van der Waals surface area contributed by atoms with E-state index >= 15 is 0 Å². The van der Waals surface area contributed by atoms with Crippen LogP contribution >= 0.6 is 11.3 Å². The molecule has 0 aliphatic carbocycles. The molecule has 0 amide bonds. The van der Waals surface area contributed by atoms with E-state index in [1.54, 1.807) is 11.3 Å². The summed E-state index contributed by atoms with van der Waals surface area (Å²) < 4.78 is 2.09. The van der Waals surface area contributed by atoms with Crippen molar-refractivity contribution in [1.82, 2.24) is 9.38 Å². The predicted molar refractivity (Wildman–Crippen MR) is 68.0 cm³/mol. The minimum Gasteiger partial charge on any atom is -0.297 e. The minimum atomic E-state index is 1.06. The average Bonchev–Trinajstić information content (AvgIpc) is 2.74. The second-order valence-corrected chi connectivity index (χ2v) is 5.05. The zero-order valence-electron chi connectivity index (χ0n) is 9.27. The normalized spacial score (nSPS) is 11.1. The van der Waals surface area contributed by atoms with Crippen molar-refractivity contribution < 1.29 is 0 Å². The van der Waals surface area contributed by atoms with E-state index < -0.39 is 0 Å². The number of rotatable bonds is 1. The van der Waals surface area contributed by atoms with Crippen LogP contribution in [0.1, 0.15) is 11.3 Å². The molecule has 2 aromatic heterocycles. The van der Waals surface area contributed by atoms with Gasteiger partial charge in [0.15, 0.2) is 4.96 Å². The number of thiazole rings is 1. The Morgan fingerprint density at radius 2 is 2.06 bits per heavy atom.